The highest BCUT2D eigenvalue weighted by atomic mass is 35.7. The topological polar surface area (TPSA) is 18.5 Å². The van der Waals surface area contributed by atoms with Gasteiger partial charge in [0.25, 0.3) is 7.73 Å². The Kier molecular flexibility index (Phi) is 2.68. The predicted octanol–water partition coefficient (Wildman–Crippen LogP) is 3.06. The second kappa shape index (κ2) is 3.57. The Hall–Kier alpha value is 0.640. The van der Waals surface area contributed by atoms with Gasteiger partial charge in [0.05, 0.1) is 12.7 Å². The molecule has 2 nitrogen and oxygen atoms in total. The number of hydrogen-bond donors (Lipinski definition) is 0. The van der Waals surface area contributed by atoms with Crippen LogP contribution in [0.15, 0.2) is 0 Å². The molecule has 4 heteroatoms. The average molecular weight is 195 g/mol. The summed E-state index contributed by atoms with van der Waals surface area (Å²) < 4.78 is 10.8. The lowest BCUT2D eigenvalue weighted by Crippen LogP contribution is -2.32. The van der Waals surface area contributed by atoms with Crippen LogP contribution in [-0.4, -0.2) is 12.7 Å². The summed E-state index contributed by atoms with van der Waals surface area (Å²) in [5, 5.41) is 0. The lowest BCUT2D eigenvalue weighted by Gasteiger charge is -2.36. The molecule has 1 aliphatic carbocycles. The molecule has 1 aliphatic heterocycles. The van der Waals surface area contributed by atoms with E-state index in [0.29, 0.717) is 12.0 Å². The highest BCUT2D eigenvalue weighted by Gasteiger charge is 2.33. The van der Waals surface area contributed by atoms with Gasteiger partial charge in [-0.1, -0.05) is 12.8 Å². The molecule has 64 valence electrons. The molecule has 3 atom stereocenters. The molecule has 2 aliphatic rings. The molecule has 0 aromatic heterocycles. The van der Waals surface area contributed by atoms with E-state index in [1.807, 2.05) is 0 Å². The van der Waals surface area contributed by atoms with Crippen molar-refractivity contribution in [1.29, 1.82) is 0 Å². The maximum Gasteiger partial charge on any atom is 0.277 e. The molecule has 1 saturated carbocycles. The number of rotatable bonds is 0. The van der Waals surface area contributed by atoms with E-state index in [2.05, 4.69) is 0 Å². The first-order chi connectivity index (χ1) is 5.36. The van der Waals surface area contributed by atoms with E-state index in [1.54, 1.807) is 0 Å². The Morgan fingerprint density at radius 3 is 3.00 bits per heavy atom. The lowest BCUT2D eigenvalue weighted by molar-refractivity contribution is 0.0246. The molecule has 0 amide bonds. The van der Waals surface area contributed by atoms with Crippen LogP contribution in [0.25, 0.3) is 0 Å². The summed E-state index contributed by atoms with van der Waals surface area (Å²) in [7, 11) is -1.06. The number of hydrogen-bond acceptors (Lipinski definition) is 2. The molecule has 0 radical (unpaired) electrons. The molecule has 0 unspecified atom stereocenters. The molecular weight excluding hydrogens is 183 g/mol. The van der Waals surface area contributed by atoms with Crippen LogP contribution in [0, 0.1) is 5.92 Å². The van der Waals surface area contributed by atoms with Crippen molar-refractivity contribution in [2.24, 2.45) is 5.92 Å². The minimum atomic E-state index is -1.06. The van der Waals surface area contributed by atoms with Gasteiger partial charge in [0.15, 0.2) is 0 Å². The van der Waals surface area contributed by atoms with Crippen molar-refractivity contribution < 1.29 is 9.05 Å². The maximum atomic E-state index is 5.76. The molecule has 0 aromatic carbocycles. The van der Waals surface area contributed by atoms with E-state index in [4.69, 9.17) is 20.3 Å². The summed E-state index contributed by atoms with van der Waals surface area (Å²) in [6.07, 6.45) is 5.46. The third-order valence-electron chi connectivity index (χ3n) is 2.45. The van der Waals surface area contributed by atoms with Crippen LogP contribution in [0.1, 0.15) is 25.7 Å². The normalized spacial score (nSPS) is 45.0. The zero-order chi connectivity index (χ0) is 7.68. The van der Waals surface area contributed by atoms with E-state index in [1.165, 1.54) is 25.7 Å². The average Bonchev–Trinajstić information content (AvgIpc) is 2.04. The predicted molar refractivity (Wildman–Crippen MR) is 45.6 cm³/mol. The summed E-state index contributed by atoms with van der Waals surface area (Å²) in [5.74, 6) is 0.626. The fourth-order valence-corrected chi connectivity index (χ4v) is 3.13. The van der Waals surface area contributed by atoms with Crippen molar-refractivity contribution in [3.8, 4) is 0 Å². The van der Waals surface area contributed by atoms with Crippen molar-refractivity contribution in [3.63, 3.8) is 0 Å². The van der Waals surface area contributed by atoms with Gasteiger partial charge >= 0.3 is 0 Å². The largest absolute Gasteiger partial charge is 0.322 e. The van der Waals surface area contributed by atoms with Crippen LogP contribution in [0.2, 0.25) is 0 Å². The zero-order valence-electron chi connectivity index (χ0n) is 6.33. The van der Waals surface area contributed by atoms with Gasteiger partial charge in [-0.25, -0.2) is 0 Å². The first-order valence-corrected chi connectivity index (χ1v) is 6.20. The Bertz CT molecular complexity index is 144. The van der Waals surface area contributed by atoms with Crippen molar-refractivity contribution in [1.82, 2.24) is 0 Å². The van der Waals surface area contributed by atoms with E-state index in [-0.39, 0.29) is 0 Å². The Labute approximate surface area is 72.9 Å². The molecule has 0 N–H and O–H groups in total. The van der Waals surface area contributed by atoms with E-state index in [9.17, 15) is 0 Å². The van der Waals surface area contributed by atoms with Crippen LogP contribution in [0.4, 0.5) is 0 Å². The van der Waals surface area contributed by atoms with E-state index >= 15 is 0 Å². The van der Waals surface area contributed by atoms with E-state index < -0.39 is 7.73 Å². The van der Waals surface area contributed by atoms with Gasteiger partial charge in [0.2, 0.25) is 0 Å². The van der Waals surface area contributed by atoms with Crippen molar-refractivity contribution in [3.05, 3.63) is 0 Å². The minimum Gasteiger partial charge on any atom is -0.322 e. The fourth-order valence-electron chi connectivity index (χ4n) is 1.79. The van der Waals surface area contributed by atoms with Gasteiger partial charge in [-0.05, 0) is 24.1 Å². The SMILES string of the molecule is Cl[P@]1OC[C@@H]2CCCC[C@H]2O1. The molecule has 0 aromatic rings. The van der Waals surface area contributed by atoms with E-state index in [0.717, 1.165) is 6.61 Å². The minimum absolute atomic E-state index is 0.404. The van der Waals surface area contributed by atoms with Crippen LogP contribution in [0.5, 0.6) is 0 Å². The summed E-state index contributed by atoms with van der Waals surface area (Å²) in [6, 6.07) is 0. The molecule has 0 spiro atoms. The molecular formula is C7H12ClO2P. The van der Waals surface area contributed by atoms with Gasteiger partial charge in [-0.3, -0.25) is 0 Å². The van der Waals surface area contributed by atoms with Gasteiger partial charge in [0.1, 0.15) is 0 Å². The molecule has 1 saturated heterocycles. The Balaban J connectivity index is 1.93. The maximum absolute atomic E-state index is 5.76. The summed E-state index contributed by atoms with van der Waals surface area (Å²) in [4.78, 5) is 0. The lowest BCUT2D eigenvalue weighted by atomic mass is 9.87. The summed E-state index contributed by atoms with van der Waals surface area (Å²) in [6.45, 7) is 0.819. The monoisotopic (exact) mass is 194 g/mol. The first-order valence-electron chi connectivity index (χ1n) is 4.12. The van der Waals surface area contributed by atoms with Crippen LogP contribution < -0.4 is 0 Å². The highest BCUT2D eigenvalue weighted by Crippen LogP contribution is 2.52. The van der Waals surface area contributed by atoms with Crippen molar-refractivity contribution in [2.45, 2.75) is 31.8 Å². The van der Waals surface area contributed by atoms with Crippen molar-refractivity contribution in [2.75, 3.05) is 6.61 Å². The zero-order valence-corrected chi connectivity index (χ0v) is 7.98. The molecule has 11 heavy (non-hydrogen) atoms. The van der Waals surface area contributed by atoms with Gasteiger partial charge in [-0.2, -0.15) is 0 Å². The quantitative estimate of drug-likeness (QED) is 0.552. The van der Waals surface area contributed by atoms with Crippen LogP contribution in [0.3, 0.4) is 0 Å². The highest BCUT2D eigenvalue weighted by molar-refractivity contribution is 7.76. The molecule has 2 rings (SSSR count). The van der Waals surface area contributed by atoms with Gasteiger partial charge < -0.3 is 9.05 Å². The first kappa shape index (κ1) is 8.25. The second-order valence-corrected chi connectivity index (χ2v) is 4.92. The van der Waals surface area contributed by atoms with Gasteiger partial charge in [0, 0.05) is 5.92 Å². The van der Waals surface area contributed by atoms with Crippen LogP contribution >= 0.6 is 19.0 Å². The molecule has 2 fully saturated rings. The summed E-state index contributed by atoms with van der Waals surface area (Å²) >= 11 is 5.76. The third-order valence-corrected chi connectivity index (χ3v) is 3.77. The Morgan fingerprint density at radius 2 is 2.09 bits per heavy atom. The van der Waals surface area contributed by atoms with Crippen LogP contribution in [-0.2, 0) is 9.05 Å². The molecule has 1 heterocycles. The van der Waals surface area contributed by atoms with Gasteiger partial charge in [-0.15, -0.1) is 0 Å². The fraction of sp³-hybridized carbons (Fsp3) is 1.00. The number of fused-ring (bicyclic) bond motifs is 1. The standard InChI is InChI=1S/C7H12ClO2P/c8-11-9-5-6-3-1-2-4-7(6)10-11/h6-7H,1-5H2/t6-,7+,11+/m0/s1. The third kappa shape index (κ3) is 1.86. The second-order valence-electron chi connectivity index (χ2n) is 3.20. The summed E-state index contributed by atoms with van der Waals surface area (Å²) in [5.41, 5.74) is 0. The number of halogens is 1. The Morgan fingerprint density at radius 1 is 1.27 bits per heavy atom. The molecule has 0 bridgehead atoms. The smallest absolute Gasteiger partial charge is 0.277 e. The van der Waals surface area contributed by atoms with Crippen molar-refractivity contribution >= 4 is 19.0 Å².